The standard InChI is InChI=1S/C15H19N3O3S2/c1-10(2)8-16-14(19)13-9-22-15(18-13)17-11-4-6-12(7-5-11)23(3,20)21/h4-7,9-10H,8H2,1-3H3,(H,16,19)(H,17,18). The Morgan fingerprint density at radius 2 is 1.91 bits per heavy atom. The smallest absolute Gasteiger partial charge is 0.270 e. The van der Waals surface area contributed by atoms with Gasteiger partial charge in [-0.1, -0.05) is 13.8 Å². The Balaban J connectivity index is 2.03. The van der Waals surface area contributed by atoms with Crippen molar-refractivity contribution in [1.82, 2.24) is 10.3 Å². The number of aromatic nitrogens is 1. The van der Waals surface area contributed by atoms with E-state index in [4.69, 9.17) is 0 Å². The molecule has 6 nitrogen and oxygen atoms in total. The van der Waals surface area contributed by atoms with E-state index in [2.05, 4.69) is 15.6 Å². The van der Waals surface area contributed by atoms with E-state index in [-0.39, 0.29) is 10.8 Å². The molecule has 0 fully saturated rings. The quantitative estimate of drug-likeness (QED) is 0.833. The topological polar surface area (TPSA) is 88.2 Å². The Morgan fingerprint density at radius 3 is 2.48 bits per heavy atom. The van der Waals surface area contributed by atoms with Gasteiger partial charge in [0.1, 0.15) is 5.69 Å². The molecule has 0 saturated heterocycles. The van der Waals surface area contributed by atoms with Gasteiger partial charge in [-0.25, -0.2) is 13.4 Å². The van der Waals surface area contributed by atoms with Gasteiger partial charge in [0.25, 0.3) is 5.91 Å². The summed E-state index contributed by atoms with van der Waals surface area (Å²) in [5.41, 5.74) is 1.08. The molecule has 124 valence electrons. The van der Waals surface area contributed by atoms with Crippen LogP contribution >= 0.6 is 11.3 Å². The highest BCUT2D eigenvalue weighted by atomic mass is 32.2. The summed E-state index contributed by atoms with van der Waals surface area (Å²) < 4.78 is 22.8. The maximum atomic E-state index is 11.9. The lowest BCUT2D eigenvalue weighted by atomic mass is 10.2. The van der Waals surface area contributed by atoms with Crippen LogP contribution in [-0.4, -0.2) is 32.1 Å². The Morgan fingerprint density at radius 1 is 1.26 bits per heavy atom. The zero-order chi connectivity index (χ0) is 17.0. The molecule has 0 bridgehead atoms. The minimum atomic E-state index is -3.21. The van der Waals surface area contributed by atoms with Crippen LogP contribution in [-0.2, 0) is 9.84 Å². The van der Waals surface area contributed by atoms with Gasteiger partial charge in [-0.3, -0.25) is 4.79 Å². The first-order valence-electron chi connectivity index (χ1n) is 7.06. The summed E-state index contributed by atoms with van der Waals surface area (Å²) in [7, 11) is -3.21. The zero-order valence-electron chi connectivity index (χ0n) is 13.2. The number of rotatable bonds is 6. The second-order valence-corrected chi connectivity index (χ2v) is 8.44. The van der Waals surface area contributed by atoms with Crippen molar-refractivity contribution in [2.24, 2.45) is 5.92 Å². The van der Waals surface area contributed by atoms with Crippen molar-refractivity contribution in [3.05, 3.63) is 35.3 Å². The number of thiazole rings is 1. The Bertz CT molecular complexity index is 781. The fraction of sp³-hybridized carbons (Fsp3) is 0.333. The maximum Gasteiger partial charge on any atom is 0.270 e. The predicted molar refractivity (Wildman–Crippen MR) is 92.1 cm³/mol. The number of carbonyl (C=O) groups is 1. The summed E-state index contributed by atoms with van der Waals surface area (Å²) in [5.74, 6) is 0.180. The van der Waals surface area contributed by atoms with Gasteiger partial charge in [-0.15, -0.1) is 11.3 Å². The molecule has 1 aromatic heterocycles. The average molecular weight is 353 g/mol. The fourth-order valence-electron chi connectivity index (χ4n) is 1.73. The van der Waals surface area contributed by atoms with E-state index in [0.29, 0.717) is 29.0 Å². The first kappa shape index (κ1) is 17.4. The Hall–Kier alpha value is -1.93. The number of nitrogens with one attached hydrogen (secondary N) is 2. The first-order chi connectivity index (χ1) is 10.8. The zero-order valence-corrected chi connectivity index (χ0v) is 14.8. The number of sulfone groups is 1. The molecule has 0 radical (unpaired) electrons. The van der Waals surface area contributed by atoms with Crippen LogP contribution in [0.2, 0.25) is 0 Å². The summed E-state index contributed by atoms with van der Waals surface area (Å²) in [6, 6.07) is 6.38. The number of hydrogen-bond donors (Lipinski definition) is 2. The normalized spacial score (nSPS) is 11.5. The summed E-state index contributed by atoms with van der Waals surface area (Å²) in [4.78, 5) is 16.4. The Labute approximate surface area is 139 Å². The molecular weight excluding hydrogens is 334 g/mol. The summed E-state index contributed by atoms with van der Waals surface area (Å²) in [5, 5.41) is 8.12. The molecule has 2 aromatic rings. The highest BCUT2D eigenvalue weighted by Gasteiger charge is 2.11. The van der Waals surface area contributed by atoms with Crippen LogP contribution in [0.25, 0.3) is 0 Å². The number of carbonyl (C=O) groups excluding carboxylic acids is 1. The van der Waals surface area contributed by atoms with Crippen LogP contribution in [0.4, 0.5) is 10.8 Å². The molecule has 0 saturated carbocycles. The van der Waals surface area contributed by atoms with Crippen LogP contribution in [0.5, 0.6) is 0 Å². The molecule has 0 unspecified atom stereocenters. The number of amides is 1. The van der Waals surface area contributed by atoms with Crippen molar-refractivity contribution in [2.45, 2.75) is 18.7 Å². The average Bonchev–Trinajstić information content (AvgIpc) is 2.93. The van der Waals surface area contributed by atoms with E-state index >= 15 is 0 Å². The number of nitrogens with zero attached hydrogens (tertiary/aromatic N) is 1. The second kappa shape index (κ2) is 7.10. The Kier molecular flexibility index (Phi) is 5.38. The second-order valence-electron chi connectivity index (χ2n) is 5.56. The lowest BCUT2D eigenvalue weighted by Crippen LogP contribution is -2.27. The minimum Gasteiger partial charge on any atom is -0.350 e. The van der Waals surface area contributed by atoms with Crippen LogP contribution in [0.15, 0.2) is 34.5 Å². The minimum absolute atomic E-state index is 0.199. The fourth-order valence-corrected chi connectivity index (χ4v) is 3.07. The summed E-state index contributed by atoms with van der Waals surface area (Å²) in [6.07, 6.45) is 1.16. The summed E-state index contributed by atoms with van der Waals surface area (Å²) in [6.45, 7) is 4.65. The van der Waals surface area contributed by atoms with E-state index in [9.17, 15) is 13.2 Å². The molecule has 2 rings (SSSR count). The summed E-state index contributed by atoms with van der Waals surface area (Å²) >= 11 is 1.32. The van der Waals surface area contributed by atoms with Crippen molar-refractivity contribution in [3.63, 3.8) is 0 Å². The van der Waals surface area contributed by atoms with Gasteiger partial charge in [-0.05, 0) is 30.2 Å². The SMILES string of the molecule is CC(C)CNC(=O)c1csc(Nc2ccc(S(C)(=O)=O)cc2)n1. The monoisotopic (exact) mass is 353 g/mol. The van der Waals surface area contributed by atoms with Crippen LogP contribution in [0.3, 0.4) is 0 Å². The van der Waals surface area contributed by atoms with Crippen LogP contribution in [0.1, 0.15) is 24.3 Å². The molecule has 1 heterocycles. The van der Waals surface area contributed by atoms with Crippen molar-refractivity contribution in [2.75, 3.05) is 18.1 Å². The highest BCUT2D eigenvalue weighted by molar-refractivity contribution is 7.90. The van der Waals surface area contributed by atoms with Crippen molar-refractivity contribution >= 4 is 37.9 Å². The number of anilines is 2. The third-order valence-corrected chi connectivity index (χ3v) is 4.83. The molecule has 0 spiro atoms. The first-order valence-corrected chi connectivity index (χ1v) is 9.83. The molecule has 0 aliphatic carbocycles. The third kappa shape index (κ3) is 5.04. The number of hydrogen-bond acceptors (Lipinski definition) is 6. The molecular formula is C15H19N3O3S2. The van der Waals surface area contributed by atoms with E-state index in [1.54, 1.807) is 17.5 Å². The molecule has 1 aromatic carbocycles. The van der Waals surface area contributed by atoms with E-state index < -0.39 is 9.84 Å². The van der Waals surface area contributed by atoms with E-state index in [1.807, 2.05) is 13.8 Å². The largest absolute Gasteiger partial charge is 0.350 e. The van der Waals surface area contributed by atoms with Crippen LogP contribution in [0, 0.1) is 5.92 Å². The number of benzene rings is 1. The van der Waals surface area contributed by atoms with Gasteiger partial charge in [0.05, 0.1) is 4.90 Å². The molecule has 0 aliphatic rings. The van der Waals surface area contributed by atoms with Crippen LogP contribution < -0.4 is 10.6 Å². The predicted octanol–water partition coefficient (Wildman–Crippen LogP) is 2.68. The molecule has 23 heavy (non-hydrogen) atoms. The lowest BCUT2D eigenvalue weighted by molar-refractivity contribution is 0.0945. The van der Waals surface area contributed by atoms with Gasteiger partial charge in [-0.2, -0.15) is 0 Å². The van der Waals surface area contributed by atoms with Gasteiger partial charge >= 0.3 is 0 Å². The lowest BCUT2D eigenvalue weighted by Gasteiger charge is -2.05. The highest BCUT2D eigenvalue weighted by Crippen LogP contribution is 2.22. The maximum absolute atomic E-state index is 11.9. The molecule has 0 aliphatic heterocycles. The molecule has 2 N–H and O–H groups in total. The molecule has 1 amide bonds. The van der Waals surface area contributed by atoms with Crippen molar-refractivity contribution in [3.8, 4) is 0 Å². The molecule has 0 atom stereocenters. The third-order valence-electron chi connectivity index (χ3n) is 2.94. The van der Waals surface area contributed by atoms with Gasteiger partial charge < -0.3 is 10.6 Å². The van der Waals surface area contributed by atoms with Gasteiger partial charge in [0, 0.05) is 23.9 Å². The van der Waals surface area contributed by atoms with Crippen molar-refractivity contribution in [1.29, 1.82) is 0 Å². The van der Waals surface area contributed by atoms with Gasteiger partial charge in [0.15, 0.2) is 15.0 Å². The van der Waals surface area contributed by atoms with E-state index in [0.717, 1.165) is 6.26 Å². The van der Waals surface area contributed by atoms with Gasteiger partial charge in [0.2, 0.25) is 0 Å². The van der Waals surface area contributed by atoms with Crippen molar-refractivity contribution < 1.29 is 13.2 Å². The molecule has 8 heteroatoms. The van der Waals surface area contributed by atoms with E-state index in [1.165, 1.54) is 23.5 Å².